The molecule has 0 spiro atoms. The van der Waals surface area contributed by atoms with Crippen molar-refractivity contribution >= 4 is 29.0 Å². The number of halogens is 1. The molecule has 15 heavy (non-hydrogen) atoms. The number of alkyl halides is 1. The van der Waals surface area contributed by atoms with Crippen molar-refractivity contribution in [1.29, 1.82) is 0 Å². The minimum Gasteiger partial charge on any atom is -0.311 e. The zero-order valence-electron chi connectivity index (χ0n) is 7.86. The van der Waals surface area contributed by atoms with Gasteiger partial charge in [-0.05, 0) is 0 Å². The summed E-state index contributed by atoms with van der Waals surface area (Å²) in [5, 5.41) is 12.9. The molecule has 1 aromatic rings. The third kappa shape index (κ3) is 3.17. The van der Waals surface area contributed by atoms with Gasteiger partial charge in [-0.15, -0.1) is 11.6 Å². The number of carbonyl (C=O) groups is 1. The fourth-order valence-corrected chi connectivity index (χ4v) is 1.13. The van der Waals surface area contributed by atoms with Gasteiger partial charge in [-0.25, -0.2) is 4.98 Å². The average molecular weight is 230 g/mol. The Labute approximate surface area is 90.4 Å². The third-order valence-electron chi connectivity index (χ3n) is 1.51. The Hall–Kier alpha value is -1.69. The molecule has 1 N–H and O–H groups in total. The van der Waals surface area contributed by atoms with E-state index in [1.807, 2.05) is 0 Å². The molecule has 0 bridgehead atoms. The van der Waals surface area contributed by atoms with Gasteiger partial charge in [0.05, 0.1) is 22.6 Å². The van der Waals surface area contributed by atoms with Gasteiger partial charge in [0.25, 0.3) is 5.69 Å². The minimum absolute atomic E-state index is 0.0499. The lowest BCUT2D eigenvalue weighted by atomic mass is 10.3. The van der Waals surface area contributed by atoms with E-state index >= 15 is 0 Å². The molecule has 1 amide bonds. The van der Waals surface area contributed by atoms with Crippen molar-refractivity contribution in [2.75, 3.05) is 5.32 Å². The van der Waals surface area contributed by atoms with Crippen molar-refractivity contribution in [3.05, 3.63) is 27.9 Å². The molecule has 1 aromatic heterocycles. The molecule has 0 atom stereocenters. The summed E-state index contributed by atoms with van der Waals surface area (Å²) >= 11 is 5.51. The minimum atomic E-state index is -0.566. The molecular formula is C8H8ClN3O3. The van der Waals surface area contributed by atoms with E-state index in [1.54, 1.807) is 0 Å². The molecule has 0 saturated carbocycles. The highest BCUT2D eigenvalue weighted by molar-refractivity contribution is 6.16. The van der Waals surface area contributed by atoms with Crippen LogP contribution >= 0.6 is 11.6 Å². The van der Waals surface area contributed by atoms with Gasteiger partial charge in [0.2, 0.25) is 5.91 Å². The lowest BCUT2D eigenvalue weighted by Gasteiger charge is -2.02. The smallest absolute Gasteiger partial charge is 0.274 e. The summed E-state index contributed by atoms with van der Waals surface area (Å²) in [5.74, 6) is -0.162. The fourth-order valence-electron chi connectivity index (χ4n) is 0.990. The zero-order chi connectivity index (χ0) is 11.4. The first-order chi connectivity index (χ1) is 7.02. The third-order valence-corrected chi connectivity index (χ3v) is 1.79. The van der Waals surface area contributed by atoms with Gasteiger partial charge in [-0.1, -0.05) is 0 Å². The van der Waals surface area contributed by atoms with Crippen LogP contribution in [0.25, 0.3) is 0 Å². The second-order valence-electron chi connectivity index (χ2n) is 2.77. The second kappa shape index (κ2) is 4.70. The first-order valence-electron chi connectivity index (χ1n) is 4.02. The number of carbonyl (C=O) groups excluding carboxylic acids is 1. The second-order valence-corrected chi connectivity index (χ2v) is 3.04. The standard InChI is InChI=1S/C8H8ClN3O3/c1-5(13)10-8-3-7(12(14)15)2-6(4-9)11-8/h2-3H,4H2,1H3,(H,10,11,13). The first-order valence-corrected chi connectivity index (χ1v) is 4.55. The number of anilines is 1. The number of nitrogens with zero attached hydrogens (tertiary/aromatic N) is 2. The van der Waals surface area contributed by atoms with E-state index in [2.05, 4.69) is 10.3 Å². The van der Waals surface area contributed by atoms with E-state index in [1.165, 1.54) is 19.1 Å². The van der Waals surface area contributed by atoms with Crippen molar-refractivity contribution in [2.45, 2.75) is 12.8 Å². The first kappa shape index (κ1) is 11.4. The molecule has 0 aliphatic rings. The maximum atomic E-state index is 10.7. The summed E-state index contributed by atoms with van der Waals surface area (Å²) in [5.41, 5.74) is 0.194. The van der Waals surface area contributed by atoms with E-state index in [0.717, 1.165) is 0 Å². The van der Waals surface area contributed by atoms with Crippen LogP contribution in [0.3, 0.4) is 0 Å². The van der Waals surface area contributed by atoms with E-state index in [-0.39, 0.29) is 23.3 Å². The number of pyridine rings is 1. The lowest BCUT2D eigenvalue weighted by Crippen LogP contribution is -2.08. The van der Waals surface area contributed by atoms with E-state index in [0.29, 0.717) is 5.69 Å². The summed E-state index contributed by atoms with van der Waals surface area (Å²) in [6.07, 6.45) is 0. The summed E-state index contributed by atoms with van der Waals surface area (Å²) in [6.45, 7) is 1.29. The van der Waals surface area contributed by atoms with Crippen LogP contribution in [0.5, 0.6) is 0 Å². The molecule has 0 fully saturated rings. The highest BCUT2D eigenvalue weighted by Gasteiger charge is 2.11. The van der Waals surface area contributed by atoms with Gasteiger partial charge < -0.3 is 5.32 Å². The zero-order valence-corrected chi connectivity index (χ0v) is 8.61. The summed E-state index contributed by atoms with van der Waals surface area (Å²) < 4.78 is 0. The van der Waals surface area contributed by atoms with Crippen LogP contribution in [0, 0.1) is 10.1 Å². The number of amides is 1. The molecule has 0 unspecified atom stereocenters. The number of nitro groups is 1. The Kier molecular flexibility index (Phi) is 3.56. The Morgan fingerprint density at radius 3 is 2.80 bits per heavy atom. The van der Waals surface area contributed by atoms with Crippen molar-refractivity contribution in [2.24, 2.45) is 0 Å². The molecule has 6 nitrogen and oxygen atoms in total. The van der Waals surface area contributed by atoms with Crippen LogP contribution in [0.1, 0.15) is 12.6 Å². The predicted octanol–water partition coefficient (Wildman–Crippen LogP) is 1.69. The Bertz CT molecular complexity index is 408. The Morgan fingerprint density at radius 1 is 1.67 bits per heavy atom. The van der Waals surface area contributed by atoms with Gasteiger partial charge >= 0.3 is 0 Å². The number of hydrogen-bond donors (Lipinski definition) is 1. The largest absolute Gasteiger partial charge is 0.311 e. The maximum absolute atomic E-state index is 10.7. The van der Waals surface area contributed by atoms with Crippen LogP contribution in [0.2, 0.25) is 0 Å². The van der Waals surface area contributed by atoms with Crippen LogP contribution in [-0.2, 0) is 10.7 Å². The Morgan fingerprint density at radius 2 is 2.33 bits per heavy atom. The molecule has 0 aliphatic carbocycles. The van der Waals surface area contributed by atoms with E-state index in [9.17, 15) is 14.9 Å². The van der Waals surface area contributed by atoms with Crippen LogP contribution < -0.4 is 5.32 Å². The molecule has 80 valence electrons. The normalized spacial score (nSPS) is 9.73. The molecule has 1 rings (SSSR count). The van der Waals surface area contributed by atoms with Crippen molar-refractivity contribution in [3.8, 4) is 0 Å². The van der Waals surface area contributed by atoms with E-state index in [4.69, 9.17) is 11.6 Å². The SMILES string of the molecule is CC(=O)Nc1cc([N+](=O)[O-])cc(CCl)n1. The highest BCUT2D eigenvalue weighted by Crippen LogP contribution is 2.18. The number of hydrogen-bond acceptors (Lipinski definition) is 4. The maximum Gasteiger partial charge on any atom is 0.274 e. The van der Waals surface area contributed by atoms with Crippen LogP contribution in [0.15, 0.2) is 12.1 Å². The highest BCUT2D eigenvalue weighted by atomic mass is 35.5. The fraction of sp³-hybridized carbons (Fsp3) is 0.250. The topological polar surface area (TPSA) is 85.1 Å². The molecule has 0 aromatic carbocycles. The van der Waals surface area contributed by atoms with Crippen LogP contribution in [0.4, 0.5) is 11.5 Å². The average Bonchev–Trinajstić information content (AvgIpc) is 2.16. The predicted molar refractivity (Wildman–Crippen MR) is 54.8 cm³/mol. The van der Waals surface area contributed by atoms with Gasteiger partial charge in [-0.3, -0.25) is 14.9 Å². The molecule has 0 aliphatic heterocycles. The lowest BCUT2D eigenvalue weighted by molar-refractivity contribution is -0.384. The molecular weight excluding hydrogens is 222 g/mol. The molecule has 0 saturated heterocycles. The molecule has 7 heteroatoms. The summed E-state index contributed by atoms with van der Waals surface area (Å²) in [4.78, 5) is 24.6. The number of nitrogens with one attached hydrogen (secondary N) is 1. The number of aromatic nitrogens is 1. The van der Waals surface area contributed by atoms with Crippen molar-refractivity contribution < 1.29 is 9.72 Å². The van der Waals surface area contributed by atoms with Gasteiger partial charge in [0.1, 0.15) is 5.82 Å². The molecule has 0 radical (unpaired) electrons. The molecule has 1 heterocycles. The monoisotopic (exact) mass is 229 g/mol. The van der Waals surface area contributed by atoms with E-state index < -0.39 is 4.92 Å². The van der Waals surface area contributed by atoms with Crippen molar-refractivity contribution in [3.63, 3.8) is 0 Å². The summed E-state index contributed by atoms with van der Waals surface area (Å²) in [6, 6.07) is 2.44. The van der Waals surface area contributed by atoms with Gasteiger partial charge in [0.15, 0.2) is 0 Å². The van der Waals surface area contributed by atoms with Gasteiger partial charge in [-0.2, -0.15) is 0 Å². The van der Waals surface area contributed by atoms with Crippen LogP contribution in [-0.4, -0.2) is 15.8 Å². The van der Waals surface area contributed by atoms with Gasteiger partial charge in [0, 0.05) is 13.0 Å². The Balaban J connectivity index is 3.11. The quantitative estimate of drug-likeness (QED) is 0.486. The van der Waals surface area contributed by atoms with Crippen molar-refractivity contribution in [1.82, 2.24) is 4.98 Å². The summed E-state index contributed by atoms with van der Waals surface area (Å²) in [7, 11) is 0. The number of rotatable bonds is 3.